The van der Waals surface area contributed by atoms with Crippen LogP contribution in [-0.2, 0) is 11.3 Å². The molecule has 1 aliphatic carbocycles. The molecule has 0 amide bonds. The van der Waals surface area contributed by atoms with Crippen molar-refractivity contribution in [3.05, 3.63) is 47.6 Å². The van der Waals surface area contributed by atoms with E-state index in [0.717, 1.165) is 0 Å². The summed E-state index contributed by atoms with van der Waals surface area (Å²) in [6.45, 7) is 2.26. The quantitative estimate of drug-likeness (QED) is 0.752. The number of ether oxygens (including phenoxy) is 1. The molecule has 8 heteroatoms. The van der Waals surface area contributed by atoms with Gasteiger partial charge in [0.15, 0.2) is 5.69 Å². The molecule has 0 bridgehead atoms. The van der Waals surface area contributed by atoms with Gasteiger partial charge in [-0.05, 0) is 31.4 Å². The number of carbonyl (C=O) groups excluding carboxylic acids is 1. The van der Waals surface area contributed by atoms with Crippen molar-refractivity contribution in [3.8, 4) is 0 Å². The molecular formula is C18H20F3N3O2. The van der Waals surface area contributed by atoms with E-state index in [1.54, 1.807) is 11.5 Å². The second-order valence-corrected chi connectivity index (χ2v) is 6.49. The van der Waals surface area contributed by atoms with Gasteiger partial charge in [0, 0.05) is 31.2 Å². The van der Waals surface area contributed by atoms with Gasteiger partial charge in [0.1, 0.15) is 5.82 Å². The van der Waals surface area contributed by atoms with Crippen LogP contribution in [0, 0.1) is 5.82 Å². The second kappa shape index (κ2) is 7.47. The molecule has 5 nitrogen and oxygen atoms in total. The number of aromatic nitrogens is 3. The van der Waals surface area contributed by atoms with Crippen molar-refractivity contribution in [1.29, 1.82) is 0 Å². The van der Waals surface area contributed by atoms with Crippen LogP contribution < -0.4 is 0 Å². The third-order valence-corrected chi connectivity index (χ3v) is 4.51. The SMILES string of the molecule is CCOC(=O)c1cn(Cc2cnc(C3CCC(F)(F)CC3)c(F)c2)cn1. The third kappa shape index (κ3) is 4.23. The molecule has 3 rings (SSSR count). The van der Waals surface area contributed by atoms with Gasteiger partial charge in [0.05, 0.1) is 25.2 Å². The highest BCUT2D eigenvalue weighted by Gasteiger charge is 2.36. The van der Waals surface area contributed by atoms with Crippen LogP contribution >= 0.6 is 0 Å². The van der Waals surface area contributed by atoms with Crippen molar-refractivity contribution in [1.82, 2.24) is 14.5 Å². The van der Waals surface area contributed by atoms with Gasteiger partial charge >= 0.3 is 5.97 Å². The molecule has 2 aromatic heterocycles. The number of nitrogens with zero attached hydrogens (tertiary/aromatic N) is 3. The van der Waals surface area contributed by atoms with Gasteiger partial charge in [-0.25, -0.2) is 22.9 Å². The number of hydrogen-bond acceptors (Lipinski definition) is 4. The summed E-state index contributed by atoms with van der Waals surface area (Å²) in [4.78, 5) is 19.7. The first-order valence-electron chi connectivity index (χ1n) is 8.59. The summed E-state index contributed by atoms with van der Waals surface area (Å²) in [5.41, 5.74) is 1.03. The van der Waals surface area contributed by atoms with Crippen molar-refractivity contribution in [2.24, 2.45) is 0 Å². The predicted molar refractivity (Wildman–Crippen MR) is 87.6 cm³/mol. The maximum atomic E-state index is 14.4. The summed E-state index contributed by atoms with van der Waals surface area (Å²) in [7, 11) is 0. The highest BCUT2D eigenvalue weighted by atomic mass is 19.3. The Morgan fingerprint density at radius 3 is 2.73 bits per heavy atom. The molecule has 2 heterocycles. The van der Waals surface area contributed by atoms with Crippen LogP contribution in [0.25, 0.3) is 0 Å². The highest BCUT2D eigenvalue weighted by Crippen LogP contribution is 2.40. The van der Waals surface area contributed by atoms with E-state index in [2.05, 4.69) is 9.97 Å². The van der Waals surface area contributed by atoms with Gasteiger partial charge in [-0.15, -0.1) is 0 Å². The normalized spacial score (nSPS) is 17.2. The molecule has 2 aromatic rings. The number of imidazole rings is 1. The topological polar surface area (TPSA) is 57.0 Å². The highest BCUT2D eigenvalue weighted by molar-refractivity contribution is 5.86. The second-order valence-electron chi connectivity index (χ2n) is 6.49. The molecule has 1 fully saturated rings. The minimum atomic E-state index is -2.65. The minimum Gasteiger partial charge on any atom is -0.461 e. The summed E-state index contributed by atoms with van der Waals surface area (Å²) in [6, 6.07) is 1.36. The van der Waals surface area contributed by atoms with E-state index in [1.807, 2.05) is 0 Å². The number of carbonyl (C=O) groups is 1. The van der Waals surface area contributed by atoms with E-state index in [-0.39, 0.29) is 49.6 Å². The number of hydrogen-bond donors (Lipinski definition) is 0. The molecular weight excluding hydrogens is 347 g/mol. The lowest BCUT2D eigenvalue weighted by Crippen LogP contribution is -2.24. The van der Waals surface area contributed by atoms with Crippen LogP contribution in [0.4, 0.5) is 13.2 Å². The van der Waals surface area contributed by atoms with Gasteiger partial charge in [-0.2, -0.15) is 0 Å². The van der Waals surface area contributed by atoms with E-state index >= 15 is 0 Å². The van der Waals surface area contributed by atoms with E-state index in [9.17, 15) is 18.0 Å². The molecule has 140 valence electrons. The Morgan fingerprint density at radius 2 is 2.08 bits per heavy atom. The van der Waals surface area contributed by atoms with Gasteiger partial charge in [0.25, 0.3) is 0 Å². The fraction of sp³-hybridized carbons (Fsp3) is 0.500. The van der Waals surface area contributed by atoms with Crippen molar-refractivity contribution in [2.75, 3.05) is 6.61 Å². The fourth-order valence-electron chi connectivity index (χ4n) is 3.16. The number of pyridine rings is 1. The summed E-state index contributed by atoms with van der Waals surface area (Å²) < 4.78 is 47.4. The maximum absolute atomic E-state index is 14.4. The molecule has 0 aromatic carbocycles. The largest absolute Gasteiger partial charge is 0.461 e. The van der Waals surface area contributed by atoms with Crippen molar-refractivity contribution in [3.63, 3.8) is 0 Å². The maximum Gasteiger partial charge on any atom is 0.358 e. The first-order valence-corrected chi connectivity index (χ1v) is 8.59. The van der Waals surface area contributed by atoms with Gasteiger partial charge in [-0.3, -0.25) is 4.98 Å². The molecule has 1 saturated carbocycles. The lowest BCUT2D eigenvalue weighted by molar-refractivity contribution is -0.0387. The van der Waals surface area contributed by atoms with E-state index in [1.165, 1.54) is 24.8 Å². The van der Waals surface area contributed by atoms with Gasteiger partial charge in [-0.1, -0.05) is 0 Å². The van der Waals surface area contributed by atoms with Crippen molar-refractivity contribution < 1.29 is 22.7 Å². The first-order chi connectivity index (χ1) is 12.4. The van der Waals surface area contributed by atoms with Crippen LogP contribution in [0.3, 0.4) is 0 Å². The number of alkyl halides is 2. The average molecular weight is 367 g/mol. The zero-order valence-electron chi connectivity index (χ0n) is 14.4. The molecule has 0 saturated heterocycles. The Labute approximate surface area is 149 Å². The Hall–Kier alpha value is -2.38. The van der Waals surface area contributed by atoms with Crippen molar-refractivity contribution >= 4 is 5.97 Å². The third-order valence-electron chi connectivity index (χ3n) is 4.51. The lowest BCUT2D eigenvalue weighted by Gasteiger charge is -2.28. The molecule has 0 spiro atoms. The monoisotopic (exact) mass is 367 g/mol. The molecule has 0 N–H and O–H groups in total. The fourth-order valence-corrected chi connectivity index (χ4v) is 3.16. The first kappa shape index (κ1) is 18.4. The Morgan fingerprint density at radius 1 is 1.35 bits per heavy atom. The average Bonchev–Trinajstić information content (AvgIpc) is 3.04. The standard InChI is InChI=1S/C18H20F3N3O2/c1-2-26-17(25)15-10-24(11-23-15)9-12-7-14(19)16(22-8-12)13-3-5-18(20,21)6-4-13/h7-8,10-11,13H,2-6,9H2,1H3. The summed E-state index contributed by atoms with van der Waals surface area (Å²) >= 11 is 0. The predicted octanol–water partition coefficient (Wildman–Crippen LogP) is 3.94. The molecule has 1 aliphatic rings. The molecule has 0 unspecified atom stereocenters. The molecule has 26 heavy (non-hydrogen) atoms. The van der Waals surface area contributed by atoms with Crippen LogP contribution in [0.15, 0.2) is 24.8 Å². The van der Waals surface area contributed by atoms with Crippen molar-refractivity contribution in [2.45, 2.75) is 51.0 Å². The van der Waals surface area contributed by atoms with Crippen LogP contribution in [-0.4, -0.2) is 33.0 Å². The Bertz CT molecular complexity index is 782. The number of halogens is 3. The minimum absolute atomic E-state index is 0.181. The van der Waals surface area contributed by atoms with Gasteiger partial charge in [0.2, 0.25) is 5.92 Å². The van der Waals surface area contributed by atoms with Crippen LogP contribution in [0.2, 0.25) is 0 Å². The smallest absolute Gasteiger partial charge is 0.358 e. The zero-order valence-corrected chi connectivity index (χ0v) is 14.4. The van der Waals surface area contributed by atoms with E-state index in [0.29, 0.717) is 12.1 Å². The summed E-state index contributed by atoms with van der Waals surface area (Å²) in [5, 5.41) is 0. The molecule has 0 atom stereocenters. The molecule has 0 radical (unpaired) electrons. The lowest BCUT2D eigenvalue weighted by atomic mass is 9.84. The van der Waals surface area contributed by atoms with Crippen LogP contribution in [0.1, 0.15) is 60.3 Å². The van der Waals surface area contributed by atoms with Gasteiger partial charge < -0.3 is 9.30 Å². The Kier molecular flexibility index (Phi) is 5.29. The zero-order chi connectivity index (χ0) is 18.7. The van der Waals surface area contributed by atoms with E-state index < -0.39 is 17.7 Å². The summed E-state index contributed by atoms with van der Waals surface area (Å²) in [6.07, 6.45) is 4.53. The molecule has 0 aliphatic heterocycles. The summed E-state index contributed by atoms with van der Waals surface area (Å²) in [5.74, 6) is -3.92. The number of esters is 1. The van der Waals surface area contributed by atoms with Crippen LogP contribution in [0.5, 0.6) is 0 Å². The van der Waals surface area contributed by atoms with E-state index in [4.69, 9.17) is 4.74 Å². The number of rotatable bonds is 5. The Balaban J connectivity index is 1.67.